The smallest absolute Gasteiger partial charge is 0.379 e. The summed E-state index contributed by atoms with van der Waals surface area (Å²) in [5, 5.41) is 7.06. The molecule has 1 N–H and O–H groups in total. The topological polar surface area (TPSA) is 77.2 Å². The van der Waals surface area contributed by atoms with Crippen molar-refractivity contribution in [3.63, 3.8) is 0 Å². The van der Waals surface area contributed by atoms with Crippen molar-refractivity contribution in [1.29, 1.82) is 0 Å². The van der Waals surface area contributed by atoms with Crippen LogP contribution in [0.25, 0.3) is 0 Å². The first-order chi connectivity index (χ1) is 8.72. The van der Waals surface area contributed by atoms with Crippen molar-refractivity contribution < 1.29 is 14.1 Å². The van der Waals surface area contributed by atoms with E-state index < -0.39 is 5.97 Å². The Balaban J connectivity index is 2.19. The Kier molecular flexibility index (Phi) is 3.96. The van der Waals surface area contributed by atoms with Crippen molar-refractivity contribution in [3.8, 4) is 0 Å². The molecule has 1 aromatic heterocycles. The fourth-order valence-corrected chi connectivity index (χ4v) is 2.32. The van der Waals surface area contributed by atoms with E-state index in [1.54, 1.807) is 6.92 Å². The van der Waals surface area contributed by atoms with Crippen LogP contribution in [0.5, 0.6) is 0 Å². The number of nitrogens with one attached hydrogen (secondary N) is 1. The van der Waals surface area contributed by atoms with Gasteiger partial charge >= 0.3 is 5.97 Å². The highest BCUT2D eigenvalue weighted by Gasteiger charge is 2.38. The lowest BCUT2D eigenvalue weighted by atomic mass is 9.78. The third-order valence-electron chi connectivity index (χ3n) is 3.49. The molecular weight excluding hydrogens is 234 g/mol. The molecule has 2 rings (SSSR count). The third-order valence-corrected chi connectivity index (χ3v) is 3.49. The summed E-state index contributed by atoms with van der Waals surface area (Å²) in [7, 11) is 0. The molecule has 2 heterocycles. The van der Waals surface area contributed by atoms with Crippen molar-refractivity contribution in [2.45, 2.75) is 38.5 Å². The number of ether oxygens (including phenoxy) is 1. The average Bonchev–Trinajstić information content (AvgIpc) is 2.90. The van der Waals surface area contributed by atoms with Gasteiger partial charge in [0.05, 0.1) is 12.0 Å². The Morgan fingerprint density at radius 1 is 1.56 bits per heavy atom. The lowest BCUT2D eigenvalue weighted by molar-refractivity contribution is 0.0508. The SMILES string of the molecule is CCOC(=O)c1noc(C2(CC)CCCNC2)n1. The second kappa shape index (κ2) is 5.48. The lowest BCUT2D eigenvalue weighted by Crippen LogP contribution is -2.43. The molecule has 1 atom stereocenters. The van der Waals surface area contributed by atoms with Gasteiger partial charge in [-0.25, -0.2) is 4.79 Å². The van der Waals surface area contributed by atoms with Crippen LogP contribution in [0.2, 0.25) is 0 Å². The number of rotatable bonds is 4. The molecule has 0 bridgehead atoms. The van der Waals surface area contributed by atoms with Crippen LogP contribution in [0.3, 0.4) is 0 Å². The van der Waals surface area contributed by atoms with Crippen molar-refractivity contribution in [2.75, 3.05) is 19.7 Å². The molecule has 0 radical (unpaired) electrons. The highest BCUT2D eigenvalue weighted by molar-refractivity contribution is 5.84. The number of nitrogens with zero attached hydrogens (tertiary/aromatic N) is 2. The van der Waals surface area contributed by atoms with Crippen LogP contribution in [0, 0.1) is 0 Å². The predicted molar refractivity (Wildman–Crippen MR) is 64.3 cm³/mol. The zero-order valence-corrected chi connectivity index (χ0v) is 10.9. The Labute approximate surface area is 106 Å². The third kappa shape index (κ3) is 2.38. The minimum atomic E-state index is -0.525. The molecule has 6 nitrogen and oxygen atoms in total. The molecule has 1 fully saturated rings. The van der Waals surface area contributed by atoms with Crippen LogP contribution < -0.4 is 5.32 Å². The highest BCUT2D eigenvalue weighted by atomic mass is 16.5. The highest BCUT2D eigenvalue weighted by Crippen LogP contribution is 2.33. The van der Waals surface area contributed by atoms with Gasteiger partial charge in [0, 0.05) is 6.54 Å². The number of piperidine rings is 1. The molecule has 1 unspecified atom stereocenters. The first-order valence-electron chi connectivity index (χ1n) is 6.44. The number of carbonyl (C=O) groups is 1. The molecule has 1 aromatic rings. The summed E-state index contributed by atoms with van der Waals surface area (Å²) in [5.74, 6) is 0.0352. The minimum absolute atomic E-state index is 0.0187. The molecule has 100 valence electrons. The van der Waals surface area contributed by atoms with Gasteiger partial charge in [-0.05, 0) is 37.9 Å². The van der Waals surface area contributed by atoms with E-state index in [2.05, 4.69) is 22.4 Å². The van der Waals surface area contributed by atoms with E-state index in [-0.39, 0.29) is 11.2 Å². The second-order valence-electron chi connectivity index (χ2n) is 4.56. The van der Waals surface area contributed by atoms with Gasteiger partial charge in [-0.3, -0.25) is 0 Å². The van der Waals surface area contributed by atoms with Crippen molar-refractivity contribution in [3.05, 3.63) is 11.7 Å². The van der Waals surface area contributed by atoms with Gasteiger partial charge in [0.1, 0.15) is 0 Å². The number of esters is 1. The van der Waals surface area contributed by atoms with Crippen LogP contribution in [-0.2, 0) is 10.2 Å². The van der Waals surface area contributed by atoms with Crippen LogP contribution in [0.15, 0.2) is 4.52 Å². The van der Waals surface area contributed by atoms with Gasteiger partial charge in [0.25, 0.3) is 5.82 Å². The summed E-state index contributed by atoms with van der Waals surface area (Å²) >= 11 is 0. The quantitative estimate of drug-likeness (QED) is 0.814. The summed E-state index contributed by atoms with van der Waals surface area (Å²) in [4.78, 5) is 15.7. The first-order valence-corrected chi connectivity index (χ1v) is 6.44. The minimum Gasteiger partial charge on any atom is -0.460 e. The van der Waals surface area contributed by atoms with Gasteiger partial charge in [-0.1, -0.05) is 6.92 Å². The maximum absolute atomic E-state index is 11.5. The monoisotopic (exact) mass is 253 g/mol. The van der Waals surface area contributed by atoms with E-state index in [1.165, 1.54) is 0 Å². The molecule has 0 aromatic carbocycles. The Hall–Kier alpha value is -1.43. The zero-order chi connectivity index (χ0) is 13.0. The lowest BCUT2D eigenvalue weighted by Gasteiger charge is -2.33. The van der Waals surface area contributed by atoms with Crippen LogP contribution in [0.1, 0.15) is 49.6 Å². The molecule has 1 aliphatic rings. The maximum atomic E-state index is 11.5. The standard InChI is InChI=1S/C12H19N3O3/c1-3-12(6-5-7-13-8-12)11-14-9(15-18-11)10(16)17-4-2/h13H,3-8H2,1-2H3. The average molecular weight is 253 g/mol. The Morgan fingerprint density at radius 2 is 2.39 bits per heavy atom. The number of hydrogen-bond acceptors (Lipinski definition) is 6. The van der Waals surface area contributed by atoms with Gasteiger partial charge < -0.3 is 14.6 Å². The molecule has 18 heavy (non-hydrogen) atoms. The van der Waals surface area contributed by atoms with Gasteiger partial charge in [0.2, 0.25) is 5.89 Å². The van der Waals surface area contributed by atoms with Crippen LogP contribution in [0.4, 0.5) is 0 Å². The molecule has 6 heteroatoms. The summed E-state index contributed by atoms with van der Waals surface area (Å²) in [5.41, 5.74) is -0.143. The first kappa shape index (κ1) is 13.0. The normalized spacial score (nSPS) is 23.9. The molecular formula is C12H19N3O3. The van der Waals surface area contributed by atoms with Crippen molar-refractivity contribution >= 4 is 5.97 Å². The van der Waals surface area contributed by atoms with Crippen LogP contribution in [-0.4, -0.2) is 35.8 Å². The van der Waals surface area contributed by atoms with Crippen LogP contribution >= 0.6 is 0 Å². The second-order valence-corrected chi connectivity index (χ2v) is 4.56. The van der Waals surface area contributed by atoms with E-state index in [1.807, 2.05) is 0 Å². The number of hydrogen-bond donors (Lipinski definition) is 1. The largest absolute Gasteiger partial charge is 0.460 e. The summed E-state index contributed by atoms with van der Waals surface area (Å²) < 4.78 is 10.1. The van der Waals surface area contributed by atoms with Crippen molar-refractivity contribution in [1.82, 2.24) is 15.5 Å². The molecule has 1 aliphatic heterocycles. The van der Waals surface area contributed by atoms with Crippen molar-refractivity contribution in [2.24, 2.45) is 0 Å². The van der Waals surface area contributed by atoms with Gasteiger partial charge in [-0.15, -0.1) is 0 Å². The zero-order valence-electron chi connectivity index (χ0n) is 10.9. The summed E-state index contributed by atoms with van der Waals surface area (Å²) in [6.07, 6.45) is 2.98. The predicted octanol–water partition coefficient (Wildman–Crippen LogP) is 1.28. The summed E-state index contributed by atoms with van der Waals surface area (Å²) in [6.45, 7) is 5.98. The van der Waals surface area contributed by atoms with Gasteiger partial charge in [-0.2, -0.15) is 4.98 Å². The number of aromatic nitrogens is 2. The Morgan fingerprint density at radius 3 is 3.00 bits per heavy atom. The fraction of sp³-hybridized carbons (Fsp3) is 0.750. The molecule has 0 saturated carbocycles. The molecule has 0 amide bonds. The maximum Gasteiger partial charge on any atom is 0.379 e. The molecule has 0 spiro atoms. The molecule has 1 saturated heterocycles. The van der Waals surface area contributed by atoms with Gasteiger partial charge in [0.15, 0.2) is 0 Å². The number of carbonyl (C=O) groups excluding carboxylic acids is 1. The van der Waals surface area contributed by atoms with E-state index in [0.717, 1.165) is 32.4 Å². The van der Waals surface area contributed by atoms with E-state index >= 15 is 0 Å². The van der Waals surface area contributed by atoms with E-state index in [9.17, 15) is 4.79 Å². The fourth-order valence-electron chi connectivity index (χ4n) is 2.32. The summed E-state index contributed by atoms with van der Waals surface area (Å²) in [6, 6.07) is 0. The van der Waals surface area contributed by atoms with E-state index in [0.29, 0.717) is 12.5 Å². The Bertz CT molecular complexity index is 410. The molecule has 0 aliphatic carbocycles. The van der Waals surface area contributed by atoms with E-state index in [4.69, 9.17) is 9.26 Å².